The van der Waals surface area contributed by atoms with Gasteiger partial charge in [-0.25, -0.2) is 13.2 Å². The molecule has 7 nitrogen and oxygen atoms in total. The van der Waals surface area contributed by atoms with Gasteiger partial charge >= 0.3 is 5.69 Å². The summed E-state index contributed by atoms with van der Waals surface area (Å²) in [5, 5.41) is 3.22. The Hall–Kier alpha value is -1.41. The Morgan fingerprint density at radius 2 is 1.80 bits per heavy atom. The molecule has 0 aliphatic carbocycles. The summed E-state index contributed by atoms with van der Waals surface area (Å²) in [5.74, 6) is 0.389. The lowest BCUT2D eigenvalue weighted by Crippen LogP contribution is -2.41. The van der Waals surface area contributed by atoms with Crippen molar-refractivity contribution >= 4 is 9.84 Å². The van der Waals surface area contributed by atoms with Crippen molar-refractivity contribution in [3.63, 3.8) is 0 Å². The van der Waals surface area contributed by atoms with Gasteiger partial charge in [-0.1, -0.05) is 0 Å². The second-order valence-electron chi connectivity index (χ2n) is 5.18. The molecule has 1 aliphatic heterocycles. The zero-order chi connectivity index (χ0) is 14.9. The molecule has 0 saturated carbocycles. The predicted molar refractivity (Wildman–Crippen MR) is 75.4 cm³/mol. The van der Waals surface area contributed by atoms with Crippen molar-refractivity contribution in [3.8, 4) is 0 Å². The van der Waals surface area contributed by atoms with Gasteiger partial charge in [-0.2, -0.15) is 0 Å². The van der Waals surface area contributed by atoms with Crippen LogP contribution in [0, 0.1) is 0 Å². The maximum Gasteiger partial charge on any atom is 0.330 e. The van der Waals surface area contributed by atoms with Gasteiger partial charge in [0.1, 0.15) is 9.84 Å². The van der Waals surface area contributed by atoms with Crippen LogP contribution in [0.2, 0.25) is 0 Å². The highest BCUT2D eigenvalue weighted by Crippen LogP contribution is 2.12. The van der Waals surface area contributed by atoms with E-state index in [0.29, 0.717) is 25.1 Å². The number of sulfone groups is 1. The number of nitrogens with zero attached hydrogens (tertiary/aromatic N) is 2. The summed E-state index contributed by atoms with van der Waals surface area (Å²) in [6.07, 6.45) is 1.14. The first kappa shape index (κ1) is 15.0. The van der Waals surface area contributed by atoms with Gasteiger partial charge in [-0.3, -0.25) is 13.9 Å². The van der Waals surface area contributed by atoms with Gasteiger partial charge in [-0.05, 0) is 12.8 Å². The first-order valence-electron chi connectivity index (χ1n) is 6.50. The number of rotatable bonds is 3. The number of hydrogen-bond acceptors (Lipinski definition) is 5. The topological polar surface area (TPSA) is 90.2 Å². The molecule has 20 heavy (non-hydrogen) atoms. The zero-order valence-corrected chi connectivity index (χ0v) is 12.4. The van der Waals surface area contributed by atoms with Gasteiger partial charge in [0.15, 0.2) is 0 Å². The second kappa shape index (κ2) is 5.53. The van der Waals surface area contributed by atoms with E-state index < -0.39 is 9.84 Å². The maximum absolute atomic E-state index is 11.8. The molecule has 0 spiro atoms. The fraction of sp³-hybridized carbons (Fsp3) is 0.667. The monoisotopic (exact) mass is 301 g/mol. The quantitative estimate of drug-likeness (QED) is 0.753. The molecule has 1 N–H and O–H groups in total. The lowest BCUT2D eigenvalue weighted by molar-refractivity contribution is 0.453. The van der Waals surface area contributed by atoms with E-state index in [2.05, 4.69) is 5.32 Å². The normalized spacial score (nSPS) is 19.1. The number of hydrogen-bond donors (Lipinski definition) is 1. The van der Waals surface area contributed by atoms with E-state index in [9.17, 15) is 18.0 Å². The van der Waals surface area contributed by atoms with Crippen molar-refractivity contribution < 1.29 is 8.42 Å². The van der Waals surface area contributed by atoms with Crippen LogP contribution in [0.25, 0.3) is 0 Å². The molecule has 112 valence electrons. The molecule has 1 aromatic rings. The molecular weight excluding hydrogens is 282 g/mol. The maximum atomic E-state index is 11.8. The van der Waals surface area contributed by atoms with Crippen molar-refractivity contribution in [1.82, 2.24) is 14.5 Å². The van der Waals surface area contributed by atoms with Crippen LogP contribution in [0.1, 0.15) is 18.5 Å². The highest BCUT2D eigenvalue weighted by Gasteiger charge is 2.23. The fourth-order valence-corrected chi connectivity index (χ4v) is 3.78. The molecule has 1 aliphatic rings. The molecule has 0 radical (unpaired) electrons. The highest BCUT2D eigenvalue weighted by molar-refractivity contribution is 7.91. The molecule has 0 amide bonds. The van der Waals surface area contributed by atoms with Crippen molar-refractivity contribution in [2.24, 2.45) is 14.1 Å². The molecule has 0 unspecified atom stereocenters. The minimum absolute atomic E-state index is 0.109. The zero-order valence-electron chi connectivity index (χ0n) is 11.6. The Labute approximate surface area is 117 Å². The van der Waals surface area contributed by atoms with Gasteiger partial charge in [0, 0.05) is 38.4 Å². The second-order valence-corrected chi connectivity index (χ2v) is 7.49. The summed E-state index contributed by atoms with van der Waals surface area (Å²) in [6.45, 7) is 0.381. The van der Waals surface area contributed by atoms with Gasteiger partial charge in [0.2, 0.25) is 0 Å². The van der Waals surface area contributed by atoms with E-state index in [-0.39, 0.29) is 28.8 Å². The Morgan fingerprint density at radius 3 is 2.40 bits per heavy atom. The van der Waals surface area contributed by atoms with Crippen LogP contribution in [0.5, 0.6) is 0 Å². The SMILES string of the molecule is Cn1c(CNC2CCS(=O)(=O)CC2)cc(=O)n(C)c1=O. The van der Waals surface area contributed by atoms with Gasteiger partial charge in [0.05, 0.1) is 11.5 Å². The number of nitrogens with one attached hydrogen (secondary N) is 1. The molecule has 0 aromatic carbocycles. The molecule has 1 fully saturated rings. The van der Waals surface area contributed by atoms with Crippen molar-refractivity contribution in [2.45, 2.75) is 25.4 Å². The smallest absolute Gasteiger partial charge is 0.308 e. The van der Waals surface area contributed by atoms with Crippen molar-refractivity contribution in [3.05, 3.63) is 32.6 Å². The molecule has 0 bridgehead atoms. The van der Waals surface area contributed by atoms with E-state index in [1.807, 2.05) is 0 Å². The molecule has 0 atom stereocenters. The van der Waals surface area contributed by atoms with Crippen LogP contribution in [0.15, 0.2) is 15.7 Å². The third-order valence-corrected chi connectivity index (χ3v) is 5.47. The summed E-state index contributed by atoms with van der Waals surface area (Å²) in [5.41, 5.74) is -0.0943. The van der Waals surface area contributed by atoms with Crippen LogP contribution < -0.4 is 16.6 Å². The minimum Gasteiger partial charge on any atom is -0.308 e. The van der Waals surface area contributed by atoms with E-state index >= 15 is 0 Å². The predicted octanol–water partition coefficient (Wildman–Crippen LogP) is -1.25. The fourth-order valence-electron chi connectivity index (χ4n) is 2.29. The van der Waals surface area contributed by atoms with Crippen molar-refractivity contribution in [2.75, 3.05) is 11.5 Å². The molecule has 1 saturated heterocycles. The van der Waals surface area contributed by atoms with Crippen LogP contribution in [-0.2, 0) is 30.5 Å². The molecule has 2 rings (SSSR count). The first-order chi connectivity index (χ1) is 9.30. The summed E-state index contributed by atoms with van der Waals surface area (Å²) < 4.78 is 25.1. The minimum atomic E-state index is -2.87. The summed E-state index contributed by atoms with van der Waals surface area (Å²) >= 11 is 0. The Bertz CT molecular complexity index is 703. The Kier molecular flexibility index (Phi) is 4.14. The van der Waals surface area contributed by atoms with Crippen LogP contribution in [0.4, 0.5) is 0 Å². The standard InChI is InChI=1S/C12H19N3O4S/c1-14-10(7-11(16)15(2)12(14)17)8-13-9-3-5-20(18,19)6-4-9/h7,9,13H,3-6,8H2,1-2H3. The summed E-state index contributed by atoms with van der Waals surface area (Å²) in [6, 6.07) is 1.53. The van der Waals surface area contributed by atoms with Crippen LogP contribution >= 0.6 is 0 Å². The van der Waals surface area contributed by atoms with Gasteiger partial charge in [0.25, 0.3) is 5.56 Å². The lowest BCUT2D eigenvalue weighted by atomic mass is 10.1. The molecule has 2 heterocycles. The largest absolute Gasteiger partial charge is 0.330 e. The third kappa shape index (κ3) is 3.18. The van der Waals surface area contributed by atoms with E-state index in [0.717, 1.165) is 4.57 Å². The van der Waals surface area contributed by atoms with Gasteiger partial charge in [-0.15, -0.1) is 0 Å². The van der Waals surface area contributed by atoms with E-state index in [1.165, 1.54) is 17.7 Å². The Balaban J connectivity index is 2.06. The highest BCUT2D eigenvalue weighted by atomic mass is 32.2. The van der Waals surface area contributed by atoms with E-state index in [1.54, 1.807) is 7.05 Å². The van der Waals surface area contributed by atoms with Crippen LogP contribution in [0.3, 0.4) is 0 Å². The average molecular weight is 301 g/mol. The molecule has 1 aromatic heterocycles. The van der Waals surface area contributed by atoms with Gasteiger partial charge < -0.3 is 5.32 Å². The number of aromatic nitrogens is 2. The van der Waals surface area contributed by atoms with Crippen LogP contribution in [-0.4, -0.2) is 35.1 Å². The Morgan fingerprint density at radius 1 is 1.20 bits per heavy atom. The molecule has 8 heteroatoms. The van der Waals surface area contributed by atoms with Crippen molar-refractivity contribution in [1.29, 1.82) is 0 Å². The lowest BCUT2D eigenvalue weighted by Gasteiger charge is -2.23. The average Bonchev–Trinajstić information content (AvgIpc) is 2.40. The molecular formula is C12H19N3O4S. The third-order valence-electron chi connectivity index (χ3n) is 3.75. The summed E-state index contributed by atoms with van der Waals surface area (Å²) in [7, 11) is 0.179. The van der Waals surface area contributed by atoms with E-state index in [4.69, 9.17) is 0 Å². The first-order valence-corrected chi connectivity index (χ1v) is 8.32. The summed E-state index contributed by atoms with van der Waals surface area (Å²) in [4.78, 5) is 23.4.